The van der Waals surface area contributed by atoms with Crippen molar-refractivity contribution in [3.05, 3.63) is 0 Å². The van der Waals surface area contributed by atoms with E-state index >= 15 is 0 Å². The van der Waals surface area contributed by atoms with Gasteiger partial charge in [0.15, 0.2) is 6.29 Å². The van der Waals surface area contributed by atoms with Crippen molar-refractivity contribution in [1.29, 1.82) is 0 Å². The number of carbonyl (C=O) groups excluding carboxylic acids is 1. The quantitative estimate of drug-likeness (QED) is 0.245. The van der Waals surface area contributed by atoms with Crippen LogP contribution in [0.15, 0.2) is 0 Å². The molecule has 80 valence electrons. The molecule has 0 aromatic rings. The van der Waals surface area contributed by atoms with Crippen LogP contribution in [-0.2, 0) is 4.79 Å². The average Bonchev–Trinajstić information content (AvgIpc) is 2.12. The summed E-state index contributed by atoms with van der Waals surface area (Å²) >= 11 is 0. The van der Waals surface area contributed by atoms with E-state index in [2.05, 4.69) is 0 Å². The van der Waals surface area contributed by atoms with Gasteiger partial charge in [-0.1, -0.05) is 0 Å². The molecule has 0 aliphatic heterocycles. The Hall–Kier alpha value is 1.50. The maximum atomic E-state index is 9.90. The molecule has 0 spiro atoms. The maximum Gasteiger partial charge on any atom is 0.316 e. The SMILES string of the molecule is O=CC(O)C(O)C(O)C(O)CO.[CaH2].[MgH2]. The fraction of sp³-hybridized carbons (Fsp3) is 0.833. The second-order valence-electron chi connectivity index (χ2n) is 2.36. The Balaban J connectivity index is -0.000000605. The summed E-state index contributed by atoms with van der Waals surface area (Å²) in [4.78, 5) is 9.90. The molecule has 5 N–H and O–H groups in total. The van der Waals surface area contributed by atoms with Crippen LogP contribution >= 0.6 is 0 Å². The Labute approximate surface area is 127 Å². The van der Waals surface area contributed by atoms with Gasteiger partial charge in [0, 0.05) is 0 Å². The summed E-state index contributed by atoms with van der Waals surface area (Å²) in [6.07, 6.45) is -6.84. The van der Waals surface area contributed by atoms with Crippen molar-refractivity contribution in [2.75, 3.05) is 6.61 Å². The molecule has 0 rings (SSSR count). The molecule has 0 radical (unpaired) electrons. The van der Waals surface area contributed by atoms with E-state index in [-0.39, 0.29) is 67.1 Å². The number of hydrogen-bond donors (Lipinski definition) is 5. The van der Waals surface area contributed by atoms with E-state index in [0.29, 0.717) is 0 Å². The molecule has 0 fully saturated rings. The molecule has 6 nitrogen and oxygen atoms in total. The second-order valence-corrected chi connectivity index (χ2v) is 2.36. The van der Waals surface area contributed by atoms with Gasteiger partial charge in [-0.3, -0.25) is 0 Å². The molecule has 0 aliphatic rings. The third-order valence-electron chi connectivity index (χ3n) is 1.42. The normalized spacial score (nSPS) is 18.1. The van der Waals surface area contributed by atoms with Crippen molar-refractivity contribution < 1.29 is 30.3 Å². The minimum absolute atomic E-state index is 0. The molecule has 4 unspecified atom stereocenters. The van der Waals surface area contributed by atoms with Gasteiger partial charge in [0.05, 0.1) is 6.61 Å². The molecule has 0 bridgehead atoms. The Kier molecular flexibility index (Phi) is 16.4. The molecule has 4 atom stereocenters. The largest absolute Gasteiger partial charge is 0.316 e. The van der Waals surface area contributed by atoms with Crippen molar-refractivity contribution in [1.82, 2.24) is 0 Å². The number of carbonyl (C=O) groups is 1. The molecule has 14 heavy (non-hydrogen) atoms. The van der Waals surface area contributed by atoms with Gasteiger partial charge in [-0.15, -0.1) is 0 Å². The van der Waals surface area contributed by atoms with E-state index < -0.39 is 31.0 Å². The van der Waals surface area contributed by atoms with Crippen molar-refractivity contribution in [3.8, 4) is 0 Å². The van der Waals surface area contributed by atoms with Crippen LogP contribution < -0.4 is 0 Å². The topological polar surface area (TPSA) is 118 Å². The second kappa shape index (κ2) is 11.0. The van der Waals surface area contributed by atoms with Crippen LogP contribution in [0.5, 0.6) is 0 Å². The maximum absolute atomic E-state index is 9.90. The molecule has 0 amide bonds. The smallest absolute Gasteiger partial charge is 0.316 e. The number of rotatable bonds is 5. The zero-order valence-corrected chi connectivity index (χ0v) is 6.24. The third-order valence-corrected chi connectivity index (χ3v) is 1.42. The molecule has 0 aromatic carbocycles. The van der Waals surface area contributed by atoms with E-state index in [0.717, 1.165) is 0 Å². The van der Waals surface area contributed by atoms with Gasteiger partial charge in [0.1, 0.15) is 24.4 Å². The number of aliphatic hydroxyl groups excluding tert-OH is 5. The van der Waals surface area contributed by atoms with Gasteiger partial charge >= 0.3 is 60.8 Å². The molecular formula is C6H16CaMgO6. The monoisotopic (exact) mass is 248 g/mol. The molecule has 0 aromatic heterocycles. The predicted molar refractivity (Wildman–Crippen MR) is 54.3 cm³/mol. The fourth-order valence-electron chi connectivity index (χ4n) is 0.618. The average molecular weight is 249 g/mol. The molecule has 8 heteroatoms. The third kappa shape index (κ3) is 6.88. The Bertz CT molecular complexity index is 148. The Morgan fingerprint density at radius 2 is 1.50 bits per heavy atom. The number of aldehydes is 1. The summed E-state index contributed by atoms with van der Waals surface area (Å²) in [5.74, 6) is 0. The zero-order valence-electron chi connectivity index (χ0n) is 6.24. The Morgan fingerprint density at radius 1 is 1.07 bits per heavy atom. The van der Waals surface area contributed by atoms with Crippen molar-refractivity contribution in [3.63, 3.8) is 0 Å². The van der Waals surface area contributed by atoms with Gasteiger partial charge in [0.25, 0.3) is 0 Å². The van der Waals surface area contributed by atoms with Crippen molar-refractivity contribution >= 4 is 67.1 Å². The van der Waals surface area contributed by atoms with Gasteiger partial charge in [-0.25, -0.2) is 0 Å². The standard InChI is InChI=1S/C6H12O6.Ca.Mg.4H/c7-1-3(9)5(11)6(12)4(10)2-8;;;;;;/h1,3-6,8-12H,2H2;;;;;;. The number of aliphatic hydroxyl groups is 5. The van der Waals surface area contributed by atoms with Crippen LogP contribution in [0, 0.1) is 0 Å². The first-order chi connectivity index (χ1) is 5.54. The van der Waals surface area contributed by atoms with Crippen LogP contribution in [0.2, 0.25) is 0 Å². The zero-order chi connectivity index (χ0) is 9.72. The van der Waals surface area contributed by atoms with Crippen LogP contribution in [0.1, 0.15) is 0 Å². The van der Waals surface area contributed by atoms with Gasteiger partial charge in [0.2, 0.25) is 0 Å². The van der Waals surface area contributed by atoms with E-state index in [4.69, 9.17) is 25.5 Å². The van der Waals surface area contributed by atoms with Crippen LogP contribution in [0.3, 0.4) is 0 Å². The van der Waals surface area contributed by atoms with Crippen LogP contribution in [0.4, 0.5) is 0 Å². The molecular weight excluding hydrogens is 232 g/mol. The summed E-state index contributed by atoms with van der Waals surface area (Å²) < 4.78 is 0. The van der Waals surface area contributed by atoms with Gasteiger partial charge < -0.3 is 30.3 Å². The summed E-state index contributed by atoms with van der Waals surface area (Å²) in [7, 11) is 0. The Morgan fingerprint density at radius 3 is 1.79 bits per heavy atom. The van der Waals surface area contributed by atoms with Gasteiger partial charge in [-0.05, 0) is 0 Å². The molecule has 0 saturated carbocycles. The summed E-state index contributed by atoms with van der Waals surface area (Å²) in [5.41, 5.74) is 0. The minimum Gasteiger partial charge on any atom is 0.316 e. The predicted octanol–water partition coefficient (Wildman–Crippen LogP) is -5.21. The first kappa shape index (κ1) is 20.9. The molecule has 0 heterocycles. The molecule has 0 saturated heterocycles. The van der Waals surface area contributed by atoms with Crippen LogP contribution in [0.25, 0.3) is 0 Å². The summed E-state index contributed by atoms with van der Waals surface area (Å²) in [5, 5.41) is 43.5. The van der Waals surface area contributed by atoms with Crippen molar-refractivity contribution in [2.45, 2.75) is 24.4 Å². The van der Waals surface area contributed by atoms with Gasteiger partial charge in [-0.2, -0.15) is 0 Å². The van der Waals surface area contributed by atoms with E-state index in [9.17, 15) is 4.79 Å². The van der Waals surface area contributed by atoms with E-state index in [1.807, 2.05) is 0 Å². The van der Waals surface area contributed by atoms with E-state index in [1.54, 1.807) is 0 Å². The molecule has 0 aliphatic carbocycles. The van der Waals surface area contributed by atoms with Crippen LogP contribution in [-0.4, -0.2) is 124 Å². The van der Waals surface area contributed by atoms with Crippen molar-refractivity contribution in [2.24, 2.45) is 0 Å². The first-order valence-corrected chi connectivity index (χ1v) is 3.33. The fourth-order valence-corrected chi connectivity index (χ4v) is 0.618. The minimum atomic E-state index is -1.79. The van der Waals surface area contributed by atoms with E-state index in [1.165, 1.54) is 0 Å². The number of hydrogen-bond acceptors (Lipinski definition) is 6. The summed E-state index contributed by atoms with van der Waals surface area (Å²) in [6, 6.07) is 0. The summed E-state index contributed by atoms with van der Waals surface area (Å²) in [6.45, 7) is -0.760. The first-order valence-electron chi connectivity index (χ1n) is 3.33.